The zero-order chi connectivity index (χ0) is 17.9. The van der Waals surface area contributed by atoms with Crippen molar-refractivity contribution >= 4 is 11.5 Å². The summed E-state index contributed by atoms with van der Waals surface area (Å²) in [5.74, 6) is 1.31. The summed E-state index contributed by atoms with van der Waals surface area (Å²) in [7, 11) is 1.63. The van der Waals surface area contributed by atoms with Crippen LogP contribution in [0.4, 0.5) is 10.2 Å². The highest BCUT2D eigenvalue weighted by Crippen LogP contribution is 2.39. The van der Waals surface area contributed by atoms with E-state index in [1.165, 1.54) is 6.07 Å². The van der Waals surface area contributed by atoms with Gasteiger partial charge in [0.15, 0.2) is 5.65 Å². The third-order valence-electron chi connectivity index (χ3n) is 4.67. The Bertz CT molecular complexity index is 898. The summed E-state index contributed by atoms with van der Waals surface area (Å²) in [5, 5.41) is 4.19. The van der Waals surface area contributed by atoms with Gasteiger partial charge >= 0.3 is 0 Å². The van der Waals surface area contributed by atoms with Gasteiger partial charge in [-0.1, -0.05) is 0 Å². The van der Waals surface area contributed by atoms with Crippen LogP contribution >= 0.6 is 0 Å². The molecule has 0 N–H and O–H groups in total. The van der Waals surface area contributed by atoms with Crippen molar-refractivity contribution in [2.75, 3.05) is 31.8 Å². The number of nitrogens with zero attached hydrogens (tertiary/aromatic N) is 4. The minimum absolute atomic E-state index is 0.0288. The van der Waals surface area contributed by atoms with Crippen LogP contribution in [0.1, 0.15) is 24.4 Å². The van der Waals surface area contributed by atoms with Crippen molar-refractivity contribution in [3.05, 3.63) is 54.1 Å². The van der Waals surface area contributed by atoms with Gasteiger partial charge in [-0.05, 0) is 37.1 Å². The van der Waals surface area contributed by atoms with Gasteiger partial charge in [0.05, 0.1) is 18.8 Å². The first kappa shape index (κ1) is 16.8. The summed E-state index contributed by atoms with van der Waals surface area (Å²) < 4.78 is 26.6. The topological polar surface area (TPSA) is 51.9 Å². The first-order valence-corrected chi connectivity index (χ1v) is 8.74. The van der Waals surface area contributed by atoms with Gasteiger partial charge in [-0.2, -0.15) is 5.10 Å². The van der Waals surface area contributed by atoms with Gasteiger partial charge in [-0.3, -0.25) is 0 Å². The van der Waals surface area contributed by atoms with Crippen molar-refractivity contribution in [2.24, 2.45) is 0 Å². The van der Waals surface area contributed by atoms with Crippen LogP contribution in [0.5, 0.6) is 5.75 Å². The summed E-state index contributed by atoms with van der Waals surface area (Å²) >= 11 is 0. The highest BCUT2D eigenvalue weighted by Gasteiger charge is 2.30. The van der Waals surface area contributed by atoms with Crippen LogP contribution in [0.25, 0.3) is 5.65 Å². The first-order chi connectivity index (χ1) is 12.8. The fourth-order valence-corrected chi connectivity index (χ4v) is 3.47. The Labute approximate surface area is 151 Å². The van der Waals surface area contributed by atoms with Gasteiger partial charge in [-0.25, -0.2) is 13.9 Å². The van der Waals surface area contributed by atoms with Gasteiger partial charge in [0.2, 0.25) is 0 Å². The molecule has 0 saturated carbocycles. The van der Waals surface area contributed by atoms with E-state index in [0.717, 1.165) is 36.4 Å². The molecular formula is C19H21FN4O2. The lowest BCUT2D eigenvalue weighted by Crippen LogP contribution is -2.24. The van der Waals surface area contributed by atoms with E-state index in [0.29, 0.717) is 19.0 Å². The number of ether oxygens (including phenoxy) is 2. The van der Waals surface area contributed by atoms with E-state index < -0.39 is 0 Å². The van der Waals surface area contributed by atoms with Crippen molar-refractivity contribution in [3.8, 4) is 5.75 Å². The lowest BCUT2D eigenvalue weighted by molar-refractivity contribution is 0.145. The zero-order valence-corrected chi connectivity index (χ0v) is 14.6. The standard InChI is InChI=1S/C19H21FN4O2/c1-25-11-12-26-17-5-4-14(20)13-15(17)16-3-2-9-23(16)18-7-10-24-19(22-18)6-8-21-24/h4-8,10,13,16H,2-3,9,11-12H2,1H3/t16-/m1/s1. The number of fused-ring (bicyclic) bond motifs is 1. The molecule has 136 valence electrons. The monoisotopic (exact) mass is 356 g/mol. The lowest BCUT2D eigenvalue weighted by Gasteiger charge is -2.27. The van der Waals surface area contributed by atoms with Crippen LogP contribution < -0.4 is 9.64 Å². The quantitative estimate of drug-likeness (QED) is 0.635. The molecule has 2 aromatic heterocycles. The summed E-state index contributed by atoms with van der Waals surface area (Å²) in [6.07, 6.45) is 5.57. The minimum atomic E-state index is -0.259. The Balaban J connectivity index is 1.66. The van der Waals surface area contributed by atoms with Crippen LogP contribution in [0, 0.1) is 5.82 Å². The second-order valence-corrected chi connectivity index (χ2v) is 6.29. The second-order valence-electron chi connectivity index (χ2n) is 6.29. The summed E-state index contributed by atoms with van der Waals surface area (Å²) in [6.45, 7) is 1.79. The molecule has 3 aromatic rings. The van der Waals surface area contributed by atoms with E-state index >= 15 is 0 Å². The molecule has 0 spiro atoms. The molecule has 7 heteroatoms. The molecule has 26 heavy (non-hydrogen) atoms. The molecule has 1 aliphatic heterocycles. The SMILES string of the molecule is COCCOc1ccc(F)cc1[C@H]1CCCN1c1ccn2nccc2n1. The highest BCUT2D eigenvalue weighted by atomic mass is 19.1. The number of aromatic nitrogens is 3. The first-order valence-electron chi connectivity index (χ1n) is 8.74. The molecule has 0 bridgehead atoms. The smallest absolute Gasteiger partial charge is 0.157 e. The third-order valence-corrected chi connectivity index (χ3v) is 4.67. The number of rotatable bonds is 6. The van der Waals surface area contributed by atoms with Gasteiger partial charge in [0.25, 0.3) is 0 Å². The second kappa shape index (κ2) is 7.29. The molecule has 1 aromatic carbocycles. The summed E-state index contributed by atoms with van der Waals surface area (Å²) in [4.78, 5) is 6.91. The maximum Gasteiger partial charge on any atom is 0.157 e. The van der Waals surface area contributed by atoms with Crippen LogP contribution in [0.15, 0.2) is 42.7 Å². The molecule has 6 nitrogen and oxygen atoms in total. The molecule has 0 radical (unpaired) electrons. The zero-order valence-electron chi connectivity index (χ0n) is 14.6. The Morgan fingerprint density at radius 1 is 1.23 bits per heavy atom. The van der Waals surface area contributed by atoms with Crippen LogP contribution in [-0.4, -0.2) is 41.5 Å². The average Bonchev–Trinajstić information content (AvgIpc) is 3.31. The fraction of sp³-hybridized carbons (Fsp3) is 0.368. The molecule has 4 rings (SSSR count). The van der Waals surface area contributed by atoms with Crippen LogP contribution in [0.3, 0.4) is 0 Å². The normalized spacial score (nSPS) is 17.2. The van der Waals surface area contributed by atoms with E-state index in [1.54, 1.807) is 30.0 Å². The predicted octanol–water partition coefficient (Wildman–Crippen LogP) is 3.24. The molecule has 0 amide bonds. The molecule has 1 fully saturated rings. The fourth-order valence-electron chi connectivity index (χ4n) is 3.47. The van der Waals surface area contributed by atoms with Crippen molar-refractivity contribution in [1.29, 1.82) is 0 Å². The Morgan fingerprint density at radius 3 is 3.04 bits per heavy atom. The maximum atomic E-state index is 14.0. The maximum absolute atomic E-state index is 14.0. The lowest BCUT2D eigenvalue weighted by atomic mass is 10.0. The number of halogens is 1. The van der Waals surface area contributed by atoms with Crippen molar-refractivity contribution in [3.63, 3.8) is 0 Å². The van der Waals surface area contributed by atoms with Crippen molar-refractivity contribution < 1.29 is 13.9 Å². The van der Waals surface area contributed by atoms with Gasteiger partial charge < -0.3 is 14.4 Å². The molecule has 1 atom stereocenters. The summed E-state index contributed by atoms with van der Waals surface area (Å²) in [6, 6.07) is 8.55. The number of anilines is 1. The average molecular weight is 356 g/mol. The minimum Gasteiger partial charge on any atom is -0.491 e. The van der Waals surface area contributed by atoms with Crippen LogP contribution in [0.2, 0.25) is 0 Å². The van der Waals surface area contributed by atoms with E-state index in [-0.39, 0.29) is 11.9 Å². The predicted molar refractivity (Wildman–Crippen MR) is 96.1 cm³/mol. The van der Waals surface area contributed by atoms with Gasteiger partial charge in [-0.15, -0.1) is 0 Å². The number of hydrogen-bond acceptors (Lipinski definition) is 5. The Hall–Kier alpha value is -2.67. The Morgan fingerprint density at radius 2 is 2.15 bits per heavy atom. The molecular weight excluding hydrogens is 335 g/mol. The van der Waals surface area contributed by atoms with E-state index in [9.17, 15) is 4.39 Å². The van der Waals surface area contributed by atoms with E-state index in [4.69, 9.17) is 14.5 Å². The Kier molecular flexibility index (Phi) is 4.71. The largest absolute Gasteiger partial charge is 0.491 e. The number of benzene rings is 1. The number of methoxy groups -OCH3 is 1. The van der Waals surface area contributed by atoms with E-state index in [2.05, 4.69) is 10.00 Å². The van der Waals surface area contributed by atoms with Gasteiger partial charge in [0, 0.05) is 31.5 Å². The van der Waals surface area contributed by atoms with Gasteiger partial charge in [0.1, 0.15) is 24.0 Å². The van der Waals surface area contributed by atoms with Crippen LogP contribution in [-0.2, 0) is 4.74 Å². The molecule has 3 heterocycles. The molecule has 0 unspecified atom stereocenters. The molecule has 1 saturated heterocycles. The van der Waals surface area contributed by atoms with Crippen molar-refractivity contribution in [1.82, 2.24) is 14.6 Å². The molecule has 1 aliphatic rings. The highest BCUT2D eigenvalue weighted by molar-refractivity contribution is 5.51. The third kappa shape index (κ3) is 3.22. The molecule has 0 aliphatic carbocycles. The summed E-state index contributed by atoms with van der Waals surface area (Å²) in [5.41, 5.74) is 1.65. The van der Waals surface area contributed by atoms with E-state index in [1.807, 2.05) is 18.3 Å². The number of hydrogen-bond donors (Lipinski definition) is 0. The van der Waals surface area contributed by atoms with Crippen molar-refractivity contribution in [2.45, 2.75) is 18.9 Å².